The van der Waals surface area contributed by atoms with Gasteiger partial charge in [0, 0.05) is 18.0 Å². The van der Waals surface area contributed by atoms with Gasteiger partial charge in [-0.1, -0.05) is 17.7 Å². The van der Waals surface area contributed by atoms with Gasteiger partial charge in [0.1, 0.15) is 0 Å². The average molecular weight is 255 g/mol. The van der Waals surface area contributed by atoms with Crippen LogP contribution in [-0.4, -0.2) is 23.2 Å². The topological polar surface area (TPSA) is 61.4 Å². The molecule has 0 amide bonds. The Kier molecular flexibility index (Phi) is 3.38. The molecule has 5 heteroatoms. The Labute approximate surface area is 105 Å². The molecule has 0 bridgehead atoms. The third-order valence-corrected chi connectivity index (χ3v) is 3.55. The molecule has 2 unspecified atom stereocenters. The first-order valence-corrected chi connectivity index (χ1v) is 5.92. The number of carbonyl (C=O) groups is 1. The number of hydrogen-bond donors (Lipinski definition) is 3. The second-order valence-electron chi connectivity index (χ2n) is 4.44. The number of carboxylic acid groups (broad SMARTS) is 1. The van der Waals surface area contributed by atoms with E-state index in [1.54, 1.807) is 12.1 Å². The van der Waals surface area contributed by atoms with E-state index in [0.29, 0.717) is 0 Å². The summed E-state index contributed by atoms with van der Waals surface area (Å²) in [5, 5.41) is 9.33. The molecule has 0 radical (unpaired) electrons. The molecule has 2 atom stereocenters. The standard InChI is InChI=1S/C12H15ClN2O2/c1-6-11(7(2)15-14-6)8-3-4-10(13)9(5-8)12(16)17/h3-7,11,14-15H,1-2H3,(H,16,17). The predicted octanol–water partition coefficient (Wildman–Crippen LogP) is 2.01. The number of halogens is 1. The first-order chi connectivity index (χ1) is 8.00. The maximum absolute atomic E-state index is 11.0. The van der Waals surface area contributed by atoms with Crippen LogP contribution in [0.2, 0.25) is 5.02 Å². The summed E-state index contributed by atoms with van der Waals surface area (Å²) < 4.78 is 0. The van der Waals surface area contributed by atoms with Crippen LogP contribution in [0.3, 0.4) is 0 Å². The molecular weight excluding hydrogens is 240 g/mol. The molecule has 3 N–H and O–H groups in total. The maximum atomic E-state index is 11.0. The minimum Gasteiger partial charge on any atom is -0.478 e. The van der Waals surface area contributed by atoms with Crippen LogP contribution in [0.5, 0.6) is 0 Å². The quantitative estimate of drug-likeness (QED) is 0.756. The SMILES string of the molecule is CC1NNC(C)C1c1ccc(Cl)c(C(=O)O)c1. The molecule has 0 saturated carbocycles. The molecule has 1 aromatic rings. The van der Waals surface area contributed by atoms with Crippen molar-refractivity contribution in [1.82, 2.24) is 10.9 Å². The van der Waals surface area contributed by atoms with Gasteiger partial charge in [0.2, 0.25) is 0 Å². The fourth-order valence-corrected chi connectivity index (χ4v) is 2.57. The van der Waals surface area contributed by atoms with Crippen LogP contribution in [-0.2, 0) is 0 Å². The summed E-state index contributed by atoms with van der Waals surface area (Å²) in [6, 6.07) is 5.72. The van der Waals surface area contributed by atoms with Gasteiger partial charge in [-0.3, -0.25) is 10.9 Å². The van der Waals surface area contributed by atoms with E-state index in [0.717, 1.165) is 5.56 Å². The van der Waals surface area contributed by atoms with Crippen molar-refractivity contribution in [2.45, 2.75) is 31.8 Å². The van der Waals surface area contributed by atoms with Crippen molar-refractivity contribution in [3.63, 3.8) is 0 Å². The average Bonchev–Trinajstić information content (AvgIpc) is 2.59. The van der Waals surface area contributed by atoms with Crippen molar-refractivity contribution in [2.75, 3.05) is 0 Å². The van der Waals surface area contributed by atoms with Crippen molar-refractivity contribution < 1.29 is 9.90 Å². The van der Waals surface area contributed by atoms with Gasteiger partial charge in [-0.25, -0.2) is 4.79 Å². The van der Waals surface area contributed by atoms with Gasteiger partial charge in [0.15, 0.2) is 0 Å². The van der Waals surface area contributed by atoms with Gasteiger partial charge in [0.25, 0.3) is 0 Å². The Hall–Kier alpha value is -1.10. The number of aromatic carboxylic acids is 1. The van der Waals surface area contributed by atoms with Gasteiger partial charge in [-0.15, -0.1) is 0 Å². The molecule has 0 aromatic heterocycles. The molecule has 1 saturated heterocycles. The molecule has 1 aliphatic heterocycles. The highest BCUT2D eigenvalue weighted by atomic mass is 35.5. The van der Waals surface area contributed by atoms with Crippen LogP contribution in [0.4, 0.5) is 0 Å². The van der Waals surface area contributed by atoms with Crippen LogP contribution >= 0.6 is 11.6 Å². The minimum atomic E-state index is -0.990. The van der Waals surface area contributed by atoms with E-state index in [1.165, 1.54) is 0 Å². The Morgan fingerprint density at radius 1 is 1.29 bits per heavy atom. The first kappa shape index (κ1) is 12.4. The summed E-state index contributed by atoms with van der Waals surface area (Å²) in [5.74, 6) is -0.749. The molecule has 1 aliphatic rings. The van der Waals surface area contributed by atoms with Gasteiger partial charge >= 0.3 is 5.97 Å². The Morgan fingerprint density at radius 2 is 1.88 bits per heavy atom. The summed E-state index contributed by atoms with van der Waals surface area (Å²) in [6.07, 6.45) is 0. The monoisotopic (exact) mass is 254 g/mol. The molecule has 0 spiro atoms. The fourth-order valence-electron chi connectivity index (χ4n) is 2.37. The maximum Gasteiger partial charge on any atom is 0.337 e. The van der Waals surface area contributed by atoms with Gasteiger partial charge in [-0.05, 0) is 31.5 Å². The van der Waals surface area contributed by atoms with Gasteiger partial charge < -0.3 is 5.11 Å². The zero-order chi connectivity index (χ0) is 12.6. The lowest BCUT2D eigenvalue weighted by molar-refractivity contribution is 0.0697. The largest absolute Gasteiger partial charge is 0.478 e. The van der Waals surface area contributed by atoms with E-state index in [2.05, 4.69) is 24.7 Å². The van der Waals surface area contributed by atoms with Crippen molar-refractivity contribution in [1.29, 1.82) is 0 Å². The molecule has 1 fully saturated rings. The van der Waals surface area contributed by atoms with Crippen LogP contribution < -0.4 is 10.9 Å². The molecule has 4 nitrogen and oxygen atoms in total. The molecule has 17 heavy (non-hydrogen) atoms. The highest BCUT2D eigenvalue weighted by molar-refractivity contribution is 6.33. The lowest BCUT2D eigenvalue weighted by atomic mass is 9.88. The summed E-state index contributed by atoms with van der Waals surface area (Å²) in [7, 11) is 0. The normalized spacial score (nSPS) is 28.3. The van der Waals surface area contributed by atoms with E-state index >= 15 is 0 Å². The van der Waals surface area contributed by atoms with Crippen LogP contribution in [0.15, 0.2) is 18.2 Å². The predicted molar refractivity (Wildman–Crippen MR) is 66.3 cm³/mol. The molecule has 92 valence electrons. The van der Waals surface area contributed by atoms with Crippen molar-refractivity contribution in [2.24, 2.45) is 0 Å². The van der Waals surface area contributed by atoms with Crippen LogP contribution in [0.25, 0.3) is 0 Å². The number of nitrogens with one attached hydrogen (secondary N) is 2. The molecule has 1 aromatic carbocycles. The second kappa shape index (κ2) is 4.64. The number of hydrogen-bond acceptors (Lipinski definition) is 3. The molecular formula is C12H15ClN2O2. The number of rotatable bonds is 2. The first-order valence-electron chi connectivity index (χ1n) is 5.54. The highest BCUT2D eigenvalue weighted by Crippen LogP contribution is 2.29. The van der Waals surface area contributed by atoms with E-state index < -0.39 is 5.97 Å². The summed E-state index contributed by atoms with van der Waals surface area (Å²) in [6.45, 7) is 4.13. The zero-order valence-electron chi connectivity index (χ0n) is 9.70. The van der Waals surface area contributed by atoms with Crippen LogP contribution in [0.1, 0.15) is 35.7 Å². The fraction of sp³-hybridized carbons (Fsp3) is 0.417. The highest BCUT2D eigenvalue weighted by Gasteiger charge is 2.31. The molecule has 1 heterocycles. The van der Waals surface area contributed by atoms with Gasteiger partial charge in [-0.2, -0.15) is 0 Å². The third-order valence-electron chi connectivity index (χ3n) is 3.22. The number of benzene rings is 1. The molecule has 0 aliphatic carbocycles. The zero-order valence-corrected chi connectivity index (χ0v) is 10.5. The smallest absolute Gasteiger partial charge is 0.337 e. The minimum absolute atomic E-state index is 0.162. The summed E-state index contributed by atoms with van der Waals surface area (Å²) >= 11 is 5.86. The number of hydrazine groups is 1. The Morgan fingerprint density at radius 3 is 2.41 bits per heavy atom. The van der Waals surface area contributed by atoms with Crippen molar-refractivity contribution >= 4 is 17.6 Å². The Bertz CT molecular complexity index is 440. The lowest BCUT2D eigenvalue weighted by Crippen LogP contribution is -2.30. The summed E-state index contributed by atoms with van der Waals surface area (Å²) in [4.78, 5) is 11.0. The second-order valence-corrected chi connectivity index (χ2v) is 4.84. The lowest BCUT2D eigenvalue weighted by Gasteiger charge is -2.19. The van der Waals surface area contributed by atoms with E-state index in [4.69, 9.17) is 16.7 Å². The van der Waals surface area contributed by atoms with Crippen LogP contribution in [0, 0.1) is 0 Å². The van der Waals surface area contributed by atoms with E-state index in [1.807, 2.05) is 6.07 Å². The van der Waals surface area contributed by atoms with Crippen molar-refractivity contribution in [3.05, 3.63) is 34.3 Å². The van der Waals surface area contributed by atoms with E-state index in [-0.39, 0.29) is 28.6 Å². The van der Waals surface area contributed by atoms with E-state index in [9.17, 15) is 4.79 Å². The van der Waals surface area contributed by atoms with Crippen molar-refractivity contribution in [3.8, 4) is 0 Å². The van der Waals surface area contributed by atoms with Gasteiger partial charge in [0.05, 0.1) is 10.6 Å². The Balaban J connectivity index is 2.39. The molecule has 2 rings (SSSR count). The summed E-state index contributed by atoms with van der Waals surface area (Å²) in [5.41, 5.74) is 7.45. The number of carboxylic acids is 1. The third kappa shape index (κ3) is 2.29.